The van der Waals surface area contributed by atoms with E-state index < -0.39 is 11.5 Å². The average Bonchev–Trinajstić information content (AvgIpc) is 1.57. The second kappa shape index (κ2) is 2.21. The van der Waals surface area contributed by atoms with E-state index >= 15 is 0 Å². The molecule has 0 aromatic carbocycles. The first-order chi connectivity index (χ1) is 4.55. The molecule has 0 aromatic rings. The zero-order valence-electron chi connectivity index (χ0n) is 5.92. The average molecular weight is 144 g/mol. The lowest BCUT2D eigenvalue weighted by atomic mass is 9.82. The molecule has 0 saturated carbocycles. The number of nitrogens with two attached hydrogens (primary N) is 1. The molecule has 0 spiro atoms. The minimum Gasteiger partial charge on any atom is -0.480 e. The number of hydrogen-bond acceptors (Lipinski definition) is 3. The van der Waals surface area contributed by atoms with Crippen LogP contribution in [0.1, 0.15) is 6.92 Å². The van der Waals surface area contributed by atoms with E-state index in [0.29, 0.717) is 0 Å². The molecule has 1 atom stereocenters. The lowest BCUT2D eigenvalue weighted by molar-refractivity contribution is -0.145. The van der Waals surface area contributed by atoms with Crippen LogP contribution in [0.5, 0.6) is 0 Å². The Labute approximate surface area is 59.4 Å². The fourth-order valence-electron chi connectivity index (χ4n) is 0.887. The minimum atomic E-state index is -1.05. The highest BCUT2D eigenvalue weighted by molar-refractivity contribution is 5.78. The summed E-state index contributed by atoms with van der Waals surface area (Å²) in [6.45, 7) is 3.00. The molecule has 0 aliphatic carbocycles. The first-order valence-corrected chi connectivity index (χ1v) is 3.28. The monoisotopic (exact) mass is 144 g/mol. The van der Waals surface area contributed by atoms with Crippen LogP contribution in [0, 0.1) is 5.92 Å². The summed E-state index contributed by atoms with van der Waals surface area (Å²) in [5.41, 5.74) is 4.47. The Morgan fingerprint density at radius 1 is 1.80 bits per heavy atom. The van der Waals surface area contributed by atoms with Crippen molar-refractivity contribution in [1.29, 1.82) is 0 Å². The largest absolute Gasteiger partial charge is 0.480 e. The van der Waals surface area contributed by atoms with Crippen LogP contribution in [-0.2, 0) is 4.79 Å². The van der Waals surface area contributed by atoms with Gasteiger partial charge in [-0.1, -0.05) is 0 Å². The standard InChI is InChI=1S/C6H12N2O2/c1-6(7,5(9)10)4-2-8-3-4/h4,8H,2-3,7H2,1H3,(H,9,10). The van der Waals surface area contributed by atoms with Crippen LogP contribution >= 0.6 is 0 Å². The van der Waals surface area contributed by atoms with Gasteiger partial charge in [-0.15, -0.1) is 0 Å². The molecule has 1 rings (SSSR count). The molecule has 0 amide bonds. The van der Waals surface area contributed by atoms with Gasteiger partial charge in [0.25, 0.3) is 0 Å². The minimum absolute atomic E-state index is 0.0880. The number of hydrogen-bond donors (Lipinski definition) is 3. The SMILES string of the molecule is CC(N)(C(=O)O)C1CNC1. The van der Waals surface area contributed by atoms with Gasteiger partial charge in [-0.2, -0.15) is 0 Å². The second-order valence-electron chi connectivity index (χ2n) is 2.94. The molecular weight excluding hydrogens is 132 g/mol. The highest BCUT2D eigenvalue weighted by atomic mass is 16.4. The van der Waals surface area contributed by atoms with Crippen molar-refractivity contribution in [1.82, 2.24) is 5.32 Å². The van der Waals surface area contributed by atoms with Crippen LogP contribution in [0.2, 0.25) is 0 Å². The summed E-state index contributed by atoms with van der Waals surface area (Å²) < 4.78 is 0. The van der Waals surface area contributed by atoms with Crippen LogP contribution in [0.3, 0.4) is 0 Å². The zero-order valence-corrected chi connectivity index (χ0v) is 5.92. The quantitative estimate of drug-likeness (QED) is 0.465. The maximum absolute atomic E-state index is 10.5. The summed E-state index contributed by atoms with van der Waals surface area (Å²) in [5.74, 6) is -0.830. The Balaban J connectivity index is 2.57. The van der Waals surface area contributed by atoms with Crippen LogP contribution in [0.4, 0.5) is 0 Å². The summed E-state index contributed by atoms with van der Waals surface area (Å²) in [4.78, 5) is 10.5. The highest BCUT2D eigenvalue weighted by Crippen LogP contribution is 2.17. The molecule has 0 bridgehead atoms. The molecule has 0 aromatic heterocycles. The van der Waals surface area contributed by atoms with E-state index in [9.17, 15) is 4.79 Å². The highest BCUT2D eigenvalue weighted by Gasteiger charge is 2.40. The molecule has 1 aliphatic heterocycles. The summed E-state index contributed by atoms with van der Waals surface area (Å²) in [7, 11) is 0. The molecule has 1 unspecified atom stereocenters. The number of aliphatic carboxylic acids is 1. The van der Waals surface area contributed by atoms with Gasteiger partial charge >= 0.3 is 5.97 Å². The lowest BCUT2D eigenvalue weighted by Gasteiger charge is -2.37. The first-order valence-electron chi connectivity index (χ1n) is 3.28. The Bertz CT molecular complexity index is 152. The number of rotatable bonds is 2. The van der Waals surface area contributed by atoms with Gasteiger partial charge in [0.1, 0.15) is 5.54 Å². The van der Waals surface area contributed by atoms with Crippen molar-refractivity contribution in [3.63, 3.8) is 0 Å². The summed E-state index contributed by atoms with van der Waals surface area (Å²) in [6, 6.07) is 0. The lowest BCUT2D eigenvalue weighted by Crippen LogP contribution is -2.62. The number of carboxylic acid groups (broad SMARTS) is 1. The predicted octanol–water partition coefficient (Wildman–Crippen LogP) is -0.992. The van der Waals surface area contributed by atoms with Gasteiger partial charge in [-0.05, 0) is 6.92 Å². The van der Waals surface area contributed by atoms with Crippen LogP contribution in [-0.4, -0.2) is 29.7 Å². The van der Waals surface area contributed by atoms with E-state index in [1.165, 1.54) is 0 Å². The third kappa shape index (κ3) is 0.998. The van der Waals surface area contributed by atoms with Gasteiger partial charge in [-0.3, -0.25) is 4.79 Å². The summed E-state index contributed by atoms with van der Waals surface area (Å²) in [5, 5.41) is 11.6. The Morgan fingerprint density at radius 2 is 2.30 bits per heavy atom. The maximum Gasteiger partial charge on any atom is 0.323 e. The van der Waals surface area contributed by atoms with Crippen molar-refractivity contribution < 1.29 is 9.90 Å². The molecule has 4 N–H and O–H groups in total. The van der Waals surface area contributed by atoms with Crippen LogP contribution < -0.4 is 11.1 Å². The fraction of sp³-hybridized carbons (Fsp3) is 0.833. The third-order valence-corrected chi connectivity index (χ3v) is 2.09. The molecule has 1 heterocycles. The van der Waals surface area contributed by atoms with Gasteiger partial charge in [0.2, 0.25) is 0 Å². The summed E-state index contributed by atoms with van der Waals surface area (Å²) in [6.07, 6.45) is 0. The molecule has 4 nitrogen and oxygen atoms in total. The van der Waals surface area contributed by atoms with E-state index in [4.69, 9.17) is 10.8 Å². The van der Waals surface area contributed by atoms with Crippen molar-refractivity contribution >= 4 is 5.97 Å². The van der Waals surface area contributed by atoms with Crippen molar-refractivity contribution in [2.24, 2.45) is 11.7 Å². The Kier molecular flexibility index (Phi) is 1.66. The van der Waals surface area contributed by atoms with Crippen LogP contribution in [0.25, 0.3) is 0 Å². The van der Waals surface area contributed by atoms with Crippen LogP contribution in [0.15, 0.2) is 0 Å². The molecule has 1 aliphatic rings. The fourth-order valence-corrected chi connectivity index (χ4v) is 0.887. The van der Waals surface area contributed by atoms with Crippen molar-refractivity contribution in [2.75, 3.05) is 13.1 Å². The zero-order chi connectivity index (χ0) is 7.78. The van der Waals surface area contributed by atoms with Gasteiger partial charge in [0, 0.05) is 19.0 Å². The molecular formula is C6H12N2O2. The van der Waals surface area contributed by atoms with E-state index in [0.717, 1.165) is 13.1 Å². The number of nitrogens with one attached hydrogen (secondary N) is 1. The molecule has 0 radical (unpaired) electrons. The van der Waals surface area contributed by atoms with Gasteiger partial charge in [0.15, 0.2) is 0 Å². The van der Waals surface area contributed by atoms with E-state index in [1.807, 2.05) is 0 Å². The number of carbonyl (C=O) groups is 1. The van der Waals surface area contributed by atoms with E-state index in [-0.39, 0.29) is 5.92 Å². The number of carboxylic acids is 1. The smallest absolute Gasteiger partial charge is 0.323 e. The normalized spacial score (nSPS) is 25.0. The van der Waals surface area contributed by atoms with Crippen molar-refractivity contribution in [3.05, 3.63) is 0 Å². The Morgan fingerprint density at radius 3 is 2.40 bits per heavy atom. The molecule has 58 valence electrons. The topological polar surface area (TPSA) is 75.4 Å². The molecule has 1 saturated heterocycles. The third-order valence-electron chi connectivity index (χ3n) is 2.09. The van der Waals surface area contributed by atoms with Crippen molar-refractivity contribution in [2.45, 2.75) is 12.5 Å². The molecule has 1 fully saturated rings. The summed E-state index contributed by atoms with van der Waals surface area (Å²) >= 11 is 0. The van der Waals surface area contributed by atoms with Crippen molar-refractivity contribution in [3.8, 4) is 0 Å². The van der Waals surface area contributed by atoms with E-state index in [1.54, 1.807) is 6.92 Å². The Hall–Kier alpha value is -0.610. The predicted molar refractivity (Wildman–Crippen MR) is 36.6 cm³/mol. The van der Waals surface area contributed by atoms with Gasteiger partial charge < -0.3 is 16.2 Å². The second-order valence-corrected chi connectivity index (χ2v) is 2.94. The van der Waals surface area contributed by atoms with Gasteiger partial charge in [-0.25, -0.2) is 0 Å². The first kappa shape index (κ1) is 7.50. The maximum atomic E-state index is 10.5. The molecule has 10 heavy (non-hydrogen) atoms. The molecule has 4 heteroatoms. The van der Waals surface area contributed by atoms with E-state index in [2.05, 4.69) is 5.32 Å². The van der Waals surface area contributed by atoms with Gasteiger partial charge in [0.05, 0.1) is 0 Å².